The number of nitrogens with two attached hydrogens (primary N) is 1. The van der Waals surface area contributed by atoms with Gasteiger partial charge in [-0.3, -0.25) is 14.4 Å². The van der Waals surface area contributed by atoms with Gasteiger partial charge in [-0.05, 0) is 6.07 Å². The second-order valence-corrected chi connectivity index (χ2v) is 4.85. The van der Waals surface area contributed by atoms with E-state index in [4.69, 9.17) is 10.2 Å². The molecule has 1 amide bonds. The molecule has 0 radical (unpaired) electrons. The lowest BCUT2D eigenvalue weighted by molar-refractivity contribution is 0.0992. The molecule has 0 saturated heterocycles. The molecule has 6 heteroatoms. The summed E-state index contributed by atoms with van der Waals surface area (Å²) in [5.74, 6) is -0.456. The SMILES string of the molecule is Cn1nc(C(N)=O)c2c1CCN(Cc1ccoc1)C2. The zero-order chi connectivity index (χ0) is 13.4. The van der Waals surface area contributed by atoms with E-state index < -0.39 is 5.91 Å². The average Bonchev–Trinajstić information content (AvgIpc) is 2.98. The fourth-order valence-corrected chi connectivity index (χ4v) is 2.62. The third-order valence-corrected chi connectivity index (χ3v) is 3.54. The fourth-order valence-electron chi connectivity index (χ4n) is 2.62. The van der Waals surface area contributed by atoms with Crippen molar-refractivity contribution in [2.45, 2.75) is 19.5 Å². The Morgan fingerprint density at radius 3 is 3.11 bits per heavy atom. The summed E-state index contributed by atoms with van der Waals surface area (Å²) in [5.41, 5.74) is 8.99. The number of amides is 1. The van der Waals surface area contributed by atoms with E-state index in [2.05, 4.69) is 10.00 Å². The van der Waals surface area contributed by atoms with Gasteiger partial charge in [0.1, 0.15) is 0 Å². The van der Waals surface area contributed by atoms with E-state index in [1.807, 2.05) is 13.1 Å². The minimum atomic E-state index is -0.456. The van der Waals surface area contributed by atoms with Crippen LogP contribution in [0.4, 0.5) is 0 Å². The highest BCUT2D eigenvalue weighted by molar-refractivity contribution is 5.92. The number of hydrogen-bond acceptors (Lipinski definition) is 4. The summed E-state index contributed by atoms with van der Waals surface area (Å²) in [4.78, 5) is 13.7. The van der Waals surface area contributed by atoms with Crippen LogP contribution < -0.4 is 5.73 Å². The number of aryl methyl sites for hydroxylation is 1. The minimum Gasteiger partial charge on any atom is -0.472 e. The maximum atomic E-state index is 11.4. The fraction of sp³-hybridized carbons (Fsp3) is 0.385. The summed E-state index contributed by atoms with van der Waals surface area (Å²) < 4.78 is 6.84. The van der Waals surface area contributed by atoms with E-state index in [1.54, 1.807) is 17.2 Å². The Hall–Kier alpha value is -2.08. The van der Waals surface area contributed by atoms with Gasteiger partial charge < -0.3 is 10.2 Å². The van der Waals surface area contributed by atoms with Crippen LogP contribution in [0.25, 0.3) is 0 Å². The van der Waals surface area contributed by atoms with Gasteiger partial charge in [-0.1, -0.05) is 0 Å². The van der Waals surface area contributed by atoms with Crippen molar-refractivity contribution >= 4 is 5.91 Å². The van der Waals surface area contributed by atoms with Gasteiger partial charge in [0.2, 0.25) is 0 Å². The molecule has 1 aliphatic rings. The molecule has 100 valence electrons. The van der Waals surface area contributed by atoms with Crippen LogP contribution in [0.15, 0.2) is 23.0 Å². The van der Waals surface area contributed by atoms with Crippen molar-refractivity contribution in [3.63, 3.8) is 0 Å². The van der Waals surface area contributed by atoms with E-state index in [0.29, 0.717) is 12.2 Å². The summed E-state index contributed by atoms with van der Waals surface area (Å²) in [6.07, 6.45) is 4.29. The van der Waals surface area contributed by atoms with Crippen LogP contribution in [-0.4, -0.2) is 27.1 Å². The molecule has 0 bridgehead atoms. The third-order valence-electron chi connectivity index (χ3n) is 3.54. The largest absolute Gasteiger partial charge is 0.472 e. The standard InChI is InChI=1S/C13H16N4O2/c1-16-11-2-4-17(6-9-3-5-19-8-9)7-10(11)12(15-16)13(14)18/h3,5,8H,2,4,6-7H2,1H3,(H2,14,18). The Bertz CT molecular complexity index is 600. The lowest BCUT2D eigenvalue weighted by Crippen LogP contribution is -2.31. The summed E-state index contributed by atoms with van der Waals surface area (Å²) in [6, 6.07) is 1.95. The number of fused-ring (bicyclic) bond motifs is 1. The van der Waals surface area contributed by atoms with Crippen LogP contribution >= 0.6 is 0 Å². The predicted octanol–water partition coefficient (Wildman–Crippen LogP) is 0.670. The Balaban J connectivity index is 1.84. The number of aromatic nitrogens is 2. The zero-order valence-corrected chi connectivity index (χ0v) is 10.8. The molecule has 0 fully saturated rings. The molecule has 2 aromatic rings. The van der Waals surface area contributed by atoms with Gasteiger partial charge in [-0.2, -0.15) is 5.10 Å². The van der Waals surface area contributed by atoms with Crippen molar-refractivity contribution in [2.75, 3.05) is 6.54 Å². The summed E-state index contributed by atoms with van der Waals surface area (Å²) in [5, 5.41) is 4.22. The van der Waals surface area contributed by atoms with Crippen molar-refractivity contribution in [3.8, 4) is 0 Å². The van der Waals surface area contributed by atoms with Crippen molar-refractivity contribution < 1.29 is 9.21 Å². The van der Waals surface area contributed by atoms with Crippen LogP contribution in [0.2, 0.25) is 0 Å². The number of rotatable bonds is 3. The number of carbonyl (C=O) groups is 1. The van der Waals surface area contributed by atoms with E-state index in [9.17, 15) is 4.79 Å². The molecule has 0 unspecified atom stereocenters. The highest BCUT2D eigenvalue weighted by atomic mass is 16.3. The second kappa shape index (κ2) is 4.55. The normalized spacial score (nSPS) is 15.4. The maximum Gasteiger partial charge on any atom is 0.269 e. The first-order chi connectivity index (χ1) is 9.15. The van der Waals surface area contributed by atoms with E-state index in [-0.39, 0.29) is 0 Å². The third kappa shape index (κ3) is 2.15. The Labute approximate surface area is 110 Å². The van der Waals surface area contributed by atoms with Gasteiger partial charge in [-0.15, -0.1) is 0 Å². The molecule has 0 aromatic carbocycles. The quantitative estimate of drug-likeness (QED) is 0.880. The van der Waals surface area contributed by atoms with Crippen molar-refractivity contribution in [1.82, 2.24) is 14.7 Å². The molecule has 0 saturated carbocycles. The van der Waals surface area contributed by atoms with Crippen LogP contribution in [-0.2, 0) is 26.6 Å². The summed E-state index contributed by atoms with van der Waals surface area (Å²) in [6.45, 7) is 2.45. The van der Waals surface area contributed by atoms with E-state index in [1.165, 1.54) is 0 Å². The lowest BCUT2D eigenvalue weighted by Gasteiger charge is -2.26. The van der Waals surface area contributed by atoms with Crippen LogP contribution in [0.3, 0.4) is 0 Å². The molecule has 6 nitrogen and oxygen atoms in total. The Morgan fingerprint density at radius 2 is 2.42 bits per heavy atom. The molecule has 0 aliphatic carbocycles. The average molecular weight is 260 g/mol. The van der Waals surface area contributed by atoms with Crippen LogP contribution in [0.1, 0.15) is 27.3 Å². The molecule has 1 aliphatic heterocycles. The van der Waals surface area contributed by atoms with Crippen molar-refractivity contribution in [3.05, 3.63) is 41.1 Å². The summed E-state index contributed by atoms with van der Waals surface area (Å²) >= 11 is 0. The monoisotopic (exact) mass is 260 g/mol. The van der Waals surface area contributed by atoms with E-state index >= 15 is 0 Å². The second-order valence-electron chi connectivity index (χ2n) is 4.85. The lowest BCUT2D eigenvalue weighted by atomic mass is 10.0. The van der Waals surface area contributed by atoms with Gasteiger partial charge in [0, 0.05) is 49.9 Å². The van der Waals surface area contributed by atoms with Gasteiger partial charge in [0.25, 0.3) is 5.91 Å². The first-order valence-electron chi connectivity index (χ1n) is 6.23. The Morgan fingerprint density at radius 1 is 1.58 bits per heavy atom. The molecular formula is C13H16N4O2. The molecular weight excluding hydrogens is 244 g/mol. The topological polar surface area (TPSA) is 77.3 Å². The highest BCUT2D eigenvalue weighted by Gasteiger charge is 2.26. The van der Waals surface area contributed by atoms with Crippen molar-refractivity contribution in [1.29, 1.82) is 0 Å². The number of carbonyl (C=O) groups excluding carboxylic acids is 1. The molecule has 19 heavy (non-hydrogen) atoms. The Kier molecular flexibility index (Phi) is 2.87. The minimum absolute atomic E-state index is 0.398. The highest BCUT2D eigenvalue weighted by Crippen LogP contribution is 2.23. The molecule has 2 aromatic heterocycles. The number of primary amides is 1. The molecule has 0 spiro atoms. The number of nitrogens with zero attached hydrogens (tertiary/aromatic N) is 3. The number of hydrogen-bond donors (Lipinski definition) is 1. The first-order valence-corrected chi connectivity index (χ1v) is 6.23. The van der Waals surface area contributed by atoms with Gasteiger partial charge >= 0.3 is 0 Å². The van der Waals surface area contributed by atoms with Crippen LogP contribution in [0.5, 0.6) is 0 Å². The van der Waals surface area contributed by atoms with Crippen LogP contribution in [0, 0.1) is 0 Å². The first kappa shape index (κ1) is 12.0. The van der Waals surface area contributed by atoms with E-state index in [0.717, 1.165) is 36.3 Å². The van der Waals surface area contributed by atoms with Gasteiger partial charge in [0.05, 0.1) is 12.5 Å². The molecule has 3 heterocycles. The number of furan rings is 1. The maximum absolute atomic E-state index is 11.4. The molecule has 2 N–H and O–H groups in total. The van der Waals surface area contributed by atoms with Crippen molar-refractivity contribution in [2.24, 2.45) is 12.8 Å². The molecule has 0 atom stereocenters. The smallest absolute Gasteiger partial charge is 0.269 e. The van der Waals surface area contributed by atoms with Gasteiger partial charge in [0.15, 0.2) is 5.69 Å². The molecule has 3 rings (SSSR count). The van der Waals surface area contributed by atoms with Gasteiger partial charge in [-0.25, -0.2) is 0 Å². The summed E-state index contributed by atoms with van der Waals surface area (Å²) in [7, 11) is 1.86. The predicted molar refractivity (Wildman–Crippen MR) is 68.3 cm³/mol. The zero-order valence-electron chi connectivity index (χ0n) is 10.8.